The van der Waals surface area contributed by atoms with Crippen molar-refractivity contribution < 1.29 is 24.4 Å². The molecule has 3 heterocycles. The number of hydrogen-bond donors (Lipinski definition) is 1. The number of nitrogens with zero attached hydrogens (tertiary/aromatic N) is 3. The smallest absolute Gasteiger partial charge is 0.301 e. The van der Waals surface area contributed by atoms with Gasteiger partial charge in [-0.1, -0.05) is 29.5 Å². The van der Waals surface area contributed by atoms with Gasteiger partial charge in [-0.2, -0.15) is 0 Å². The second kappa shape index (κ2) is 9.17. The fourth-order valence-corrected chi connectivity index (χ4v) is 5.86. The lowest BCUT2D eigenvalue weighted by Crippen LogP contribution is -2.28. The van der Waals surface area contributed by atoms with E-state index in [0.717, 1.165) is 11.3 Å². The van der Waals surface area contributed by atoms with Crippen molar-refractivity contribution in [1.82, 2.24) is 4.98 Å². The van der Waals surface area contributed by atoms with Crippen molar-refractivity contribution in [2.24, 2.45) is 0 Å². The third-order valence-electron chi connectivity index (χ3n) is 5.51. The molecule has 4 aromatic rings. The van der Waals surface area contributed by atoms with Crippen LogP contribution < -0.4 is 9.64 Å². The zero-order chi connectivity index (χ0) is 25.6. The van der Waals surface area contributed by atoms with Crippen LogP contribution in [0.3, 0.4) is 0 Å². The van der Waals surface area contributed by atoms with Gasteiger partial charge in [0.25, 0.3) is 11.5 Å². The van der Waals surface area contributed by atoms with Gasteiger partial charge in [-0.3, -0.25) is 24.6 Å². The van der Waals surface area contributed by atoms with E-state index in [-0.39, 0.29) is 28.3 Å². The number of hydrogen-bond acceptors (Lipinski definition) is 9. The molecule has 1 unspecified atom stereocenters. The van der Waals surface area contributed by atoms with Crippen LogP contribution in [0.1, 0.15) is 30.3 Å². The topological polar surface area (TPSA) is 123 Å². The summed E-state index contributed by atoms with van der Waals surface area (Å²) in [6.07, 6.45) is -0.0889. The molecule has 0 saturated carbocycles. The second-order valence-corrected chi connectivity index (χ2v) is 10.3. The molecule has 1 amide bonds. The largest absolute Gasteiger partial charge is 0.507 e. The normalized spacial score (nSPS) is 17.3. The van der Waals surface area contributed by atoms with E-state index in [0.29, 0.717) is 26.4 Å². The predicted molar refractivity (Wildman–Crippen MR) is 138 cm³/mol. The van der Waals surface area contributed by atoms with Gasteiger partial charge in [0.05, 0.1) is 26.8 Å². The zero-order valence-electron chi connectivity index (χ0n) is 19.1. The number of anilines is 1. The predicted octanol–water partition coefficient (Wildman–Crippen LogP) is 5.68. The Labute approximate surface area is 213 Å². The maximum absolute atomic E-state index is 13.3. The standard InChI is InChI=1S/C25H19N3O6S2/c1-13(2)34-16-6-3-5-14(11-16)22(29)20-21(18-7-4-10-35-18)27(24(31)23(20)30)25-26-17-9-8-15(28(32)33)12-19(17)36-25/h3-13,21,29H,1-2H3/b22-20+. The van der Waals surface area contributed by atoms with Crippen LogP contribution in [0.2, 0.25) is 0 Å². The average Bonchev–Trinajstić information content (AvgIpc) is 3.56. The number of aromatic nitrogens is 1. The summed E-state index contributed by atoms with van der Waals surface area (Å²) in [7, 11) is 0. The molecule has 0 bridgehead atoms. The lowest BCUT2D eigenvalue weighted by atomic mass is 10.00. The average molecular weight is 522 g/mol. The van der Waals surface area contributed by atoms with Crippen molar-refractivity contribution in [3.05, 3.63) is 86.1 Å². The number of rotatable bonds is 6. The lowest BCUT2D eigenvalue weighted by molar-refractivity contribution is -0.384. The summed E-state index contributed by atoms with van der Waals surface area (Å²) in [5.74, 6) is -1.48. The molecule has 1 saturated heterocycles. The molecule has 9 nitrogen and oxygen atoms in total. The number of ether oxygens (including phenoxy) is 1. The summed E-state index contributed by atoms with van der Waals surface area (Å²) in [6.45, 7) is 3.75. The molecule has 0 spiro atoms. The minimum atomic E-state index is -0.907. The number of carbonyl (C=O) groups is 2. The van der Waals surface area contributed by atoms with Crippen LogP contribution in [-0.4, -0.2) is 32.8 Å². The Bertz CT molecular complexity index is 1540. The Kier molecular flexibility index (Phi) is 6.02. The van der Waals surface area contributed by atoms with Crippen molar-refractivity contribution >= 4 is 61.2 Å². The molecule has 1 atom stereocenters. The maximum atomic E-state index is 13.3. The van der Waals surface area contributed by atoms with Gasteiger partial charge in [-0.25, -0.2) is 4.98 Å². The molecule has 5 rings (SSSR count). The van der Waals surface area contributed by atoms with Gasteiger partial charge in [-0.15, -0.1) is 11.3 Å². The number of thiophene rings is 1. The number of thiazole rings is 1. The number of non-ortho nitro benzene ring substituents is 1. The summed E-state index contributed by atoms with van der Waals surface area (Å²) in [5.41, 5.74) is 0.644. The first-order chi connectivity index (χ1) is 17.2. The molecule has 1 N–H and O–H groups in total. The van der Waals surface area contributed by atoms with Crippen LogP contribution in [0.4, 0.5) is 10.8 Å². The number of amides is 1. The Morgan fingerprint density at radius 1 is 1.17 bits per heavy atom. The fourth-order valence-electron chi connectivity index (χ4n) is 4.01. The van der Waals surface area contributed by atoms with Gasteiger partial charge in [0.15, 0.2) is 5.13 Å². The number of aliphatic hydroxyl groups excluding tert-OH is 1. The summed E-state index contributed by atoms with van der Waals surface area (Å²) in [5, 5.41) is 24.5. The SMILES string of the molecule is CC(C)Oc1cccc(/C(O)=C2\C(=O)C(=O)N(c3nc4ccc([N+](=O)[O-])cc4s3)C2c2cccs2)c1. The Morgan fingerprint density at radius 3 is 2.67 bits per heavy atom. The molecule has 0 radical (unpaired) electrons. The molecule has 36 heavy (non-hydrogen) atoms. The number of nitro benzene ring substituents is 1. The van der Waals surface area contributed by atoms with Crippen LogP contribution in [0.15, 0.2) is 65.6 Å². The molecule has 11 heteroatoms. The summed E-state index contributed by atoms with van der Waals surface area (Å²) in [4.78, 5) is 43.7. The molecule has 1 aliphatic heterocycles. The van der Waals surface area contributed by atoms with Gasteiger partial charge in [0.2, 0.25) is 0 Å². The number of benzene rings is 2. The highest BCUT2D eigenvalue weighted by molar-refractivity contribution is 7.22. The van der Waals surface area contributed by atoms with E-state index in [1.165, 1.54) is 34.4 Å². The summed E-state index contributed by atoms with van der Waals surface area (Å²) in [6, 6.07) is 13.6. The van der Waals surface area contributed by atoms with E-state index in [4.69, 9.17) is 4.74 Å². The van der Waals surface area contributed by atoms with Crippen LogP contribution in [0.5, 0.6) is 5.75 Å². The van der Waals surface area contributed by atoms with Crippen molar-refractivity contribution in [1.29, 1.82) is 0 Å². The molecule has 2 aromatic heterocycles. The van der Waals surface area contributed by atoms with Gasteiger partial charge < -0.3 is 9.84 Å². The van der Waals surface area contributed by atoms with E-state index >= 15 is 0 Å². The summed E-state index contributed by atoms with van der Waals surface area (Å²) >= 11 is 2.40. The van der Waals surface area contributed by atoms with E-state index < -0.39 is 22.7 Å². The third-order valence-corrected chi connectivity index (χ3v) is 7.46. The van der Waals surface area contributed by atoms with Crippen LogP contribution >= 0.6 is 22.7 Å². The number of ketones is 1. The Morgan fingerprint density at radius 2 is 1.97 bits per heavy atom. The fraction of sp³-hybridized carbons (Fsp3) is 0.160. The Hall–Kier alpha value is -4.09. The monoisotopic (exact) mass is 521 g/mol. The van der Waals surface area contributed by atoms with E-state index in [1.54, 1.807) is 36.4 Å². The van der Waals surface area contributed by atoms with E-state index in [9.17, 15) is 24.8 Å². The molecule has 1 fully saturated rings. The number of fused-ring (bicyclic) bond motifs is 1. The lowest BCUT2D eigenvalue weighted by Gasteiger charge is -2.21. The van der Waals surface area contributed by atoms with Gasteiger partial charge in [0.1, 0.15) is 17.6 Å². The number of nitro groups is 1. The first-order valence-electron chi connectivity index (χ1n) is 10.9. The maximum Gasteiger partial charge on any atom is 0.301 e. The van der Waals surface area contributed by atoms with Gasteiger partial charge >= 0.3 is 5.91 Å². The molecule has 1 aliphatic rings. The van der Waals surface area contributed by atoms with E-state index in [1.807, 2.05) is 19.2 Å². The number of aliphatic hydroxyl groups is 1. The molecule has 2 aromatic carbocycles. The minimum absolute atomic E-state index is 0.0608. The zero-order valence-corrected chi connectivity index (χ0v) is 20.7. The van der Waals surface area contributed by atoms with Gasteiger partial charge in [0, 0.05) is 22.6 Å². The summed E-state index contributed by atoms with van der Waals surface area (Å²) < 4.78 is 6.22. The van der Waals surface area contributed by atoms with Crippen molar-refractivity contribution in [2.45, 2.75) is 26.0 Å². The minimum Gasteiger partial charge on any atom is -0.507 e. The number of carbonyl (C=O) groups excluding carboxylic acids is 2. The van der Waals surface area contributed by atoms with Crippen molar-refractivity contribution in [3.8, 4) is 5.75 Å². The van der Waals surface area contributed by atoms with Gasteiger partial charge in [-0.05, 0) is 43.5 Å². The molecule has 182 valence electrons. The Balaban J connectivity index is 1.65. The van der Waals surface area contributed by atoms with Crippen LogP contribution in [0, 0.1) is 10.1 Å². The first kappa shape index (κ1) is 23.6. The quantitative estimate of drug-likeness (QED) is 0.114. The highest BCUT2D eigenvalue weighted by atomic mass is 32.1. The molecular formula is C25H19N3O6S2. The first-order valence-corrected chi connectivity index (χ1v) is 12.6. The third kappa shape index (κ3) is 4.12. The van der Waals surface area contributed by atoms with Crippen molar-refractivity contribution in [2.75, 3.05) is 4.90 Å². The van der Waals surface area contributed by atoms with Crippen molar-refractivity contribution in [3.63, 3.8) is 0 Å². The van der Waals surface area contributed by atoms with E-state index in [2.05, 4.69) is 4.98 Å². The highest BCUT2D eigenvalue weighted by Gasteiger charge is 2.48. The van der Waals surface area contributed by atoms with Crippen LogP contribution in [-0.2, 0) is 9.59 Å². The molecular weight excluding hydrogens is 502 g/mol. The highest BCUT2D eigenvalue weighted by Crippen LogP contribution is 2.45. The second-order valence-electron chi connectivity index (χ2n) is 8.28. The molecule has 0 aliphatic carbocycles. The van der Waals surface area contributed by atoms with Crippen LogP contribution in [0.25, 0.3) is 16.0 Å². The number of Topliss-reactive ketones (excluding diaryl/α,β-unsaturated/α-hetero) is 1.